The number of methoxy groups -OCH3 is 1. The highest BCUT2D eigenvalue weighted by atomic mass is 16.6. The zero-order chi connectivity index (χ0) is 25.9. The summed E-state index contributed by atoms with van der Waals surface area (Å²) in [5.74, 6) is 0.793. The fourth-order valence-corrected chi connectivity index (χ4v) is 3.69. The lowest BCUT2D eigenvalue weighted by Gasteiger charge is -2.44. The number of pyridine rings is 1. The number of tetrazole rings is 1. The molecule has 11 nitrogen and oxygen atoms in total. The summed E-state index contributed by atoms with van der Waals surface area (Å²) in [6.07, 6.45) is -0.278. The Morgan fingerprint density at radius 1 is 1.33 bits per heavy atom. The van der Waals surface area contributed by atoms with E-state index in [4.69, 9.17) is 14.2 Å². The van der Waals surface area contributed by atoms with Crippen LogP contribution in [0.2, 0.25) is 0 Å². The van der Waals surface area contributed by atoms with Crippen molar-refractivity contribution in [2.45, 2.75) is 58.1 Å². The molecule has 1 saturated heterocycles. The lowest BCUT2D eigenvalue weighted by atomic mass is 9.87. The number of amides is 1. The quantitative estimate of drug-likeness (QED) is 0.480. The summed E-state index contributed by atoms with van der Waals surface area (Å²) in [5, 5.41) is 25.9. The fraction of sp³-hybridized carbons (Fsp3) is 0.480. The van der Waals surface area contributed by atoms with Crippen LogP contribution in [-0.2, 0) is 22.6 Å². The second-order valence-corrected chi connectivity index (χ2v) is 9.62. The first-order valence-corrected chi connectivity index (χ1v) is 11.7. The van der Waals surface area contributed by atoms with Crippen LogP contribution in [0.5, 0.6) is 5.75 Å². The van der Waals surface area contributed by atoms with Crippen LogP contribution in [-0.4, -0.2) is 73.8 Å². The van der Waals surface area contributed by atoms with Gasteiger partial charge in [-0.05, 0) is 62.7 Å². The molecule has 1 unspecified atom stereocenters. The van der Waals surface area contributed by atoms with E-state index >= 15 is 0 Å². The number of nitrogens with one attached hydrogen (secondary N) is 1. The maximum Gasteiger partial charge on any atom is 0.270 e. The van der Waals surface area contributed by atoms with Gasteiger partial charge in [-0.2, -0.15) is 4.80 Å². The topological polar surface area (TPSA) is 134 Å². The number of benzene rings is 1. The van der Waals surface area contributed by atoms with E-state index in [0.29, 0.717) is 36.8 Å². The number of aryl methyl sites for hydroxylation is 1. The van der Waals surface area contributed by atoms with Gasteiger partial charge in [0, 0.05) is 17.8 Å². The van der Waals surface area contributed by atoms with Gasteiger partial charge in [0.2, 0.25) is 5.82 Å². The molecular weight excluding hydrogens is 464 g/mol. The van der Waals surface area contributed by atoms with Crippen molar-refractivity contribution in [1.29, 1.82) is 0 Å². The van der Waals surface area contributed by atoms with Gasteiger partial charge in [-0.25, -0.2) is 4.98 Å². The minimum Gasteiger partial charge on any atom is -0.497 e. The maximum absolute atomic E-state index is 12.8. The van der Waals surface area contributed by atoms with Crippen LogP contribution in [0.4, 0.5) is 0 Å². The van der Waals surface area contributed by atoms with Gasteiger partial charge in [0.05, 0.1) is 32.5 Å². The molecule has 192 valence electrons. The first-order valence-electron chi connectivity index (χ1n) is 11.7. The molecule has 2 N–H and O–H groups in total. The van der Waals surface area contributed by atoms with Crippen LogP contribution >= 0.6 is 0 Å². The van der Waals surface area contributed by atoms with Crippen molar-refractivity contribution < 1.29 is 24.1 Å². The molecule has 0 bridgehead atoms. The smallest absolute Gasteiger partial charge is 0.270 e. The number of carbonyl (C=O) groups is 1. The van der Waals surface area contributed by atoms with Crippen LogP contribution < -0.4 is 10.1 Å². The van der Waals surface area contributed by atoms with E-state index in [1.54, 1.807) is 40.0 Å². The van der Waals surface area contributed by atoms with Crippen molar-refractivity contribution in [3.05, 3.63) is 53.3 Å². The van der Waals surface area contributed by atoms with Crippen molar-refractivity contribution in [3.63, 3.8) is 0 Å². The molecule has 3 aromatic rings. The number of nitrogens with zero attached hydrogens (tertiary/aromatic N) is 5. The zero-order valence-electron chi connectivity index (χ0n) is 21.2. The Morgan fingerprint density at radius 3 is 2.83 bits per heavy atom. The van der Waals surface area contributed by atoms with E-state index in [-0.39, 0.29) is 24.3 Å². The Labute approximate surface area is 209 Å². The van der Waals surface area contributed by atoms with Gasteiger partial charge in [0.25, 0.3) is 5.91 Å². The molecule has 2 aromatic heterocycles. The van der Waals surface area contributed by atoms with Gasteiger partial charge in [-0.15, -0.1) is 10.2 Å². The molecule has 0 spiro atoms. The fourth-order valence-electron chi connectivity index (χ4n) is 3.69. The van der Waals surface area contributed by atoms with Crippen LogP contribution in [0.1, 0.15) is 42.5 Å². The number of hydrogen-bond acceptors (Lipinski definition) is 9. The maximum atomic E-state index is 12.8. The number of rotatable bonds is 8. The van der Waals surface area contributed by atoms with Gasteiger partial charge in [-0.3, -0.25) is 4.79 Å². The lowest BCUT2D eigenvalue weighted by molar-refractivity contribution is -0.247. The Hall–Kier alpha value is -3.41. The molecule has 11 heteroatoms. The van der Waals surface area contributed by atoms with Gasteiger partial charge in [0.1, 0.15) is 23.1 Å². The van der Waals surface area contributed by atoms with Crippen LogP contribution in [0, 0.1) is 6.92 Å². The molecule has 1 aromatic carbocycles. The molecule has 4 rings (SSSR count). The summed E-state index contributed by atoms with van der Waals surface area (Å²) in [4.78, 5) is 18.6. The monoisotopic (exact) mass is 496 g/mol. The molecular formula is C25H32N6O5. The molecule has 1 aliphatic heterocycles. The molecule has 2 atom stereocenters. The highest BCUT2D eigenvalue weighted by molar-refractivity contribution is 5.93. The Balaban J connectivity index is 1.40. The normalized spacial score (nSPS) is 20.2. The average Bonchev–Trinajstić information content (AvgIpc) is 3.31. The second-order valence-electron chi connectivity index (χ2n) is 9.62. The third-order valence-electron chi connectivity index (χ3n) is 6.33. The van der Waals surface area contributed by atoms with E-state index in [1.165, 1.54) is 4.80 Å². The predicted octanol–water partition coefficient (Wildman–Crippen LogP) is 1.93. The molecule has 0 radical (unpaired) electrons. The zero-order valence-corrected chi connectivity index (χ0v) is 21.2. The van der Waals surface area contributed by atoms with Crippen LogP contribution in [0.25, 0.3) is 11.4 Å². The Bertz CT molecular complexity index is 1210. The summed E-state index contributed by atoms with van der Waals surface area (Å²) in [6.45, 7) is 8.25. The predicted molar refractivity (Wildman–Crippen MR) is 130 cm³/mol. The largest absolute Gasteiger partial charge is 0.497 e. The summed E-state index contributed by atoms with van der Waals surface area (Å²) in [6, 6.07) is 10.9. The van der Waals surface area contributed by atoms with Crippen LogP contribution in [0.3, 0.4) is 0 Å². The molecule has 36 heavy (non-hydrogen) atoms. The van der Waals surface area contributed by atoms with E-state index in [1.807, 2.05) is 31.2 Å². The van der Waals surface area contributed by atoms with Crippen molar-refractivity contribution in [1.82, 2.24) is 30.5 Å². The number of aromatic nitrogens is 5. The molecule has 3 heterocycles. The van der Waals surface area contributed by atoms with Crippen molar-refractivity contribution in [2.75, 3.05) is 20.3 Å². The highest BCUT2D eigenvalue weighted by Crippen LogP contribution is 2.30. The second kappa shape index (κ2) is 10.3. The standard InChI is InChI=1S/C25H32N6O5/c1-16-9-18(11-21(27-16)23(32)26-12-17-7-6-8-19(10-17)34-5)22-28-30-31(29-22)13-20-14-36-25(4,15-35-20)24(2,3)33/h6-11,20,33H,12-15H2,1-5H3,(H,26,32)/t20-,25?/m0/s1. The summed E-state index contributed by atoms with van der Waals surface area (Å²) >= 11 is 0. The van der Waals surface area contributed by atoms with E-state index in [2.05, 4.69) is 25.7 Å². The highest BCUT2D eigenvalue weighted by Gasteiger charge is 2.44. The SMILES string of the molecule is COc1cccc(CNC(=O)c2cc(-c3nnn(C[C@H]4COC(C)(C(C)(C)O)CO4)n3)cc(C)n2)c1. The molecule has 1 amide bonds. The molecule has 1 fully saturated rings. The van der Waals surface area contributed by atoms with E-state index in [0.717, 1.165) is 11.3 Å². The number of aliphatic hydroxyl groups is 1. The summed E-state index contributed by atoms with van der Waals surface area (Å²) in [7, 11) is 1.60. The third-order valence-corrected chi connectivity index (χ3v) is 6.33. The van der Waals surface area contributed by atoms with Crippen molar-refractivity contribution >= 4 is 5.91 Å². The van der Waals surface area contributed by atoms with Crippen LogP contribution in [0.15, 0.2) is 36.4 Å². The molecule has 0 aliphatic carbocycles. The van der Waals surface area contributed by atoms with Gasteiger partial charge < -0.3 is 24.6 Å². The summed E-state index contributed by atoms with van der Waals surface area (Å²) < 4.78 is 17.0. The number of ether oxygens (including phenoxy) is 3. The van der Waals surface area contributed by atoms with Crippen molar-refractivity contribution in [3.8, 4) is 17.1 Å². The molecule has 0 saturated carbocycles. The first-order chi connectivity index (χ1) is 17.1. The van der Waals surface area contributed by atoms with Crippen molar-refractivity contribution in [2.24, 2.45) is 0 Å². The van der Waals surface area contributed by atoms with E-state index in [9.17, 15) is 9.90 Å². The Morgan fingerprint density at radius 2 is 2.14 bits per heavy atom. The number of hydrogen-bond donors (Lipinski definition) is 2. The molecule has 1 aliphatic rings. The minimum absolute atomic E-state index is 0.251. The van der Waals surface area contributed by atoms with Gasteiger partial charge in [0.15, 0.2) is 0 Å². The van der Waals surface area contributed by atoms with E-state index < -0.39 is 11.2 Å². The van der Waals surface area contributed by atoms with Gasteiger partial charge >= 0.3 is 0 Å². The van der Waals surface area contributed by atoms with Gasteiger partial charge in [-0.1, -0.05) is 12.1 Å². The summed E-state index contributed by atoms with van der Waals surface area (Å²) in [5.41, 5.74) is 0.647. The third kappa shape index (κ3) is 5.86. The minimum atomic E-state index is -1.03. The Kier molecular flexibility index (Phi) is 7.34. The average molecular weight is 497 g/mol. The number of carbonyl (C=O) groups excluding carboxylic acids is 1. The lowest BCUT2D eigenvalue weighted by Crippen LogP contribution is -2.58. The first kappa shape index (κ1) is 25.7.